The molecule has 0 unspecified atom stereocenters. The van der Waals surface area contributed by atoms with E-state index in [1.807, 2.05) is 6.92 Å². The van der Waals surface area contributed by atoms with Gasteiger partial charge in [0.15, 0.2) is 0 Å². The van der Waals surface area contributed by atoms with E-state index >= 15 is 0 Å². The second kappa shape index (κ2) is 8.05. The van der Waals surface area contributed by atoms with Crippen LogP contribution in [0.3, 0.4) is 0 Å². The molecule has 1 aliphatic heterocycles. The highest BCUT2D eigenvalue weighted by molar-refractivity contribution is 7.15. The summed E-state index contributed by atoms with van der Waals surface area (Å²) in [6.45, 7) is 2.52. The highest BCUT2D eigenvalue weighted by Gasteiger charge is 2.32. The van der Waals surface area contributed by atoms with Crippen molar-refractivity contribution in [2.45, 2.75) is 76.7 Å². The lowest BCUT2D eigenvalue weighted by atomic mass is 9.90. The fraction of sp³-hybridized carbons (Fsp3) is 0.765. The van der Waals surface area contributed by atoms with E-state index in [1.54, 1.807) is 4.90 Å². The molecule has 2 fully saturated rings. The molecule has 1 aliphatic carbocycles. The van der Waals surface area contributed by atoms with Crippen LogP contribution in [0.5, 0.6) is 0 Å². The zero-order valence-electron chi connectivity index (χ0n) is 14.3. The number of anilines is 1. The summed E-state index contributed by atoms with van der Waals surface area (Å²) < 4.78 is 0. The predicted octanol–water partition coefficient (Wildman–Crippen LogP) is 3.32. The summed E-state index contributed by atoms with van der Waals surface area (Å²) >= 11 is 1.49. The van der Waals surface area contributed by atoms with Crippen molar-refractivity contribution in [2.75, 3.05) is 11.9 Å². The van der Waals surface area contributed by atoms with E-state index in [0.717, 1.165) is 24.3 Å². The Bertz CT molecular complexity index is 583. The first kappa shape index (κ1) is 17.3. The highest BCUT2D eigenvalue weighted by Crippen LogP contribution is 2.35. The maximum Gasteiger partial charge on any atom is 0.249 e. The van der Waals surface area contributed by atoms with Crippen molar-refractivity contribution in [3.8, 4) is 0 Å². The molecule has 1 aromatic heterocycles. The number of nitrogens with zero attached hydrogens (tertiary/aromatic N) is 3. The van der Waals surface area contributed by atoms with Gasteiger partial charge in [-0.3, -0.25) is 14.9 Å². The number of piperidine rings is 1. The minimum Gasteiger partial charge on any atom is -0.331 e. The molecule has 0 bridgehead atoms. The standard InChI is InChI=1S/C17H26N4O2S/c1-2-14(22)21-11-7-6-10-13(21)15(23)18-17-20-19-16(24-17)12-8-4-3-5-9-12/h12-13H,2-11H2,1H3,(H,18,20,23)/t13-/m1/s1. The molecule has 7 heteroatoms. The average molecular weight is 350 g/mol. The fourth-order valence-electron chi connectivity index (χ4n) is 3.69. The number of carbonyl (C=O) groups is 2. The molecule has 0 radical (unpaired) electrons. The molecule has 1 aromatic rings. The van der Waals surface area contributed by atoms with Gasteiger partial charge in [0.2, 0.25) is 16.9 Å². The van der Waals surface area contributed by atoms with Gasteiger partial charge in [0.1, 0.15) is 11.0 Å². The summed E-state index contributed by atoms with van der Waals surface area (Å²) in [5.74, 6) is 0.424. The summed E-state index contributed by atoms with van der Waals surface area (Å²) in [6, 6.07) is -0.367. The summed E-state index contributed by atoms with van der Waals surface area (Å²) in [6.07, 6.45) is 9.27. The molecule has 6 nitrogen and oxygen atoms in total. The Morgan fingerprint density at radius 1 is 1.12 bits per heavy atom. The van der Waals surface area contributed by atoms with Crippen molar-refractivity contribution < 1.29 is 9.59 Å². The van der Waals surface area contributed by atoms with Crippen LogP contribution in [0.4, 0.5) is 5.13 Å². The molecule has 0 aromatic carbocycles. The van der Waals surface area contributed by atoms with Crippen LogP contribution in [0.15, 0.2) is 0 Å². The van der Waals surface area contributed by atoms with Crippen LogP contribution >= 0.6 is 11.3 Å². The van der Waals surface area contributed by atoms with Gasteiger partial charge in [-0.15, -0.1) is 10.2 Å². The molecular formula is C17H26N4O2S. The largest absolute Gasteiger partial charge is 0.331 e. The zero-order chi connectivity index (χ0) is 16.9. The molecule has 2 heterocycles. The van der Waals surface area contributed by atoms with Crippen molar-refractivity contribution in [1.82, 2.24) is 15.1 Å². The van der Waals surface area contributed by atoms with Gasteiger partial charge in [0.05, 0.1) is 0 Å². The van der Waals surface area contributed by atoms with Crippen LogP contribution in [0.2, 0.25) is 0 Å². The van der Waals surface area contributed by atoms with Crippen molar-refractivity contribution in [3.05, 3.63) is 5.01 Å². The van der Waals surface area contributed by atoms with Crippen molar-refractivity contribution >= 4 is 28.3 Å². The lowest BCUT2D eigenvalue weighted by molar-refractivity contribution is -0.140. The van der Waals surface area contributed by atoms with Crippen LogP contribution in [-0.2, 0) is 9.59 Å². The third-order valence-electron chi connectivity index (χ3n) is 5.05. The van der Waals surface area contributed by atoms with E-state index < -0.39 is 0 Å². The fourth-order valence-corrected chi connectivity index (χ4v) is 4.61. The molecule has 3 rings (SSSR count). The third-order valence-corrected chi connectivity index (χ3v) is 6.05. The van der Waals surface area contributed by atoms with E-state index in [9.17, 15) is 9.59 Å². The van der Waals surface area contributed by atoms with Crippen molar-refractivity contribution in [1.29, 1.82) is 0 Å². The van der Waals surface area contributed by atoms with E-state index in [2.05, 4.69) is 15.5 Å². The number of hydrogen-bond donors (Lipinski definition) is 1. The van der Waals surface area contributed by atoms with E-state index in [-0.39, 0.29) is 17.9 Å². The maximum atomic E-state index is 12.6. The Kier molecular flexibility index (Phi) is 5.81. The second-order valence-electron chi connectivity index (χ2n) is 6.72. The van der Waals surface area contributed by atoms with Gasteiger partial charge >= 0.3 is 0 Å². The van der Waals surface area contributed by atoms with Gasteiger partial charge in [-0.2, -0.15) is 0 Å². The summed E-state index contributed by atoms with van der Waals surface area (Å²) in [7, 11) is 0. The van der Waals surface area contributed by atoms with Crippen molar-refractivity contribution in [2.24, 2.45) is 0 Å². The number of nitrogens with one attached hydrogen (secondary N) is 1. The zero-order valence-corrected chi connectivity index (χ0v) is 15.1. The average Bonchev–Trinajstić information content (AvgIpc) is 3.10. The number of amides is 2. The Balaban J connectivity index is 1.63. The summed E-state index contributed by atoms with van der Waals surface area (Å²) in [4.78, 5) is 26.4. The van der Waals surface area contributed by atoms with Crippen LogP contribution in [0.1, 0.15) is 75.6 Å². The molecule has 1 atom stereocenters. The minimum absolute atomic E-state index is 0.0509. The minimum atomic E-state index is -0.367. The lowest BCUT2D eigenvalue weighted by Gasteiger charge is -2.34. The van der Waals surface area contributed by atoms with Gasteiger partial charge in [-0.1, -0.05) is 37.5 Å². The Morgan fingerprint density at radius 2 is 1.88 bits per heavy atom. The molecular weight excluding hydrogens is 324 g/mol. The van der Waals surface area contributed by atoms with Crippen LogP contribution in [0.25, 0.3) is 0 Å². The highest BCUT2D eigenvalue weighted by atomic mass is 32.1. The third kappa shape index (κ3) is 3.94. The molecule has 0 spiro atoms. The Hall–Kier alpha value is -1.50. The normalized spacial score (nSPS) is 22.4. The molecule has 2 amide bonds. The predicted molar refractivity (Wildman–Crippen MR) is 94.0 cm³/mol. The maximum absolute atomic E-state index is 12.6. The van der Waals surface area contributed by atoms with Crippen molar-refractivity contribution in [3.63, 3.8) is 0 Å². The number of carbonyl (C=O) groups excluding carboxylic acids is 2. The first-order valence-electron chi connectivity index (χ1n) is 9.12. The summed E-state index contributed by atoms with van der Waals surface area (Å²) in [5.41, 5.74) is 0. The smallest absolute Gasteiger partial charge is 0.249 e. The quantitative estimate of drug-likeness (QED) is 0.904. The number of hydrogen-bond acceptors (Lipinski definition) is 5. The van der Waals surface area contributed by atoms with Crippen LogP contribution in [0, 0.1) is 0 Å². The number of rotatable bonds is 4. The van der Waals surface area contributed by atoms with E-state index in [4.69, 9.17) is 0 Å². The van der Waals surface area contributed by atoms with Crippen LogP contribution in [-0.4, -0.2) is 39.5 Å². The Morgan fingerprint density at radius 3 is 2.62 bits per heavy atom. The topological polar surface area (TPSA) is 75.2 Å². The molecule has 1 saturated carbocycles. The second-order valence-corrected chi connectivity index (χ2v) is 7.73. The SMILES string of the molecule is CCC(=O)N1CCCC[C@@H]1C(=O)Nc1nnc(C2CCCCC2)s1. The molecule has 24 heavy (non-hydrogen) atoms. The monoisotopic (exact) mass is 350 g/mol. The van der Waals surface area contributed by atoms with Gasteiger partial charge < -0.3 is 4.90 Å². The van der Waals surface area contributed by atoms with E-state index in [0.29, 0.717) is 24.0 Å². The first-order chi connectivity index (χ1) is 11.7. The molecule has 1 saturated heterocycles. The molecule has 2 aliphatic rings. The molecule has 132 valence electrons. The van der Waals surface area contributed by atoms with Gasteiger partial charge in [0, 0.05) is 18.9 Å². The van der Waals surface area contributed by atoms with E-state index in [1.165, 1.54) is 43.4 Å². The molecule has 1 N–H and O–H groups in total. The number of likely N-dealkylation sites (tertiary alicyclic amines) is 1. The van der Waals surface area contributed by atoms with Gasteiger partial charge in [-0.25, -0.2) is 0 Å². The number of aromatic nitrogens is 2. The first-order valence-corrected chi connectivity index (χ1v) is 9.94. The van der Waals surface area contributed by atoms with Gasteiger partial charge in [-0.05, 0) is 32.1 Å². The Labute approximate surface area is 147 Å². The van der Waals surface area contributed by atoms with Gasteiger partial charge in [0.25, 0.3) is 0 Å². The van der Waals surface area contributed by atoms with Crippen LogP contribution < -0.4 is 5.32 Å². The lowest BCUT2D eigenvalue weighted by Crippen LogP contribution is -2.49. The summed E-state index contributed by atoms with van der Waals surface area (Å²) in [5, 5.41) is 12.9.